The summed E-state index contributed by atoms with van der Waals surface area (Å²) in [6.45, 7) is 6.20. The van der Waals surface area contributed by atoms with E-state index in [1.165, 1.54) is 6.92 Å². The van der Waals surface area contributed by atoms with E-state index in [1.807, 2.05) is 13.8 Å². The number of sulfonamides is 1. The fourth-order valence-corrected chi connectivity index (χ4v) is 4.69. The van der Waals surface area contributed by atoms with Gasteiger partial charge >= 0.3 is 0 Å². The molecule has 0 unspecified atom stereocenters. The van der Waals surface area contributed by atoms with Crippen LogP contribution in [0.25, 0.3) is 0 Å². The second-order valence-electron chi connectivity index (χ2n) is 6.36. The van der Waals surface area contributed by atoms with Gasteiger partial charge in [-0.1, -0.05) is 19.9 Å². The number of hydrogen-bond donors (Lipinski definition) is 2. The van der Waals surface area contributed by atoms with E-state index in [2.05, 4.69) is 4.72 Å². The van der Waals surface area contributed by atoms with E-state index >= 15 is 0 Å². The molecule has 1 heterocycles. The van der Waals surface area contributed by atoms with Gasteiger partial charge in [0.15, 0.2) is 0 Å². The smallest absolute Gasteiger partial charge is 0.241 e. The molecule has 2 rings (SSSR count). The Bertz CT molecular complexity index is 704. The van der Waals surface area contributed by atoms with Crippen LogP contribution in [-0.2, 0) is 21.2 Å². The molecule has 0 radical (unpaired) electrons. The van der Waals surface area contributed by atoms with Gasteiger partial charge < -0.3 is 10.6 Å². The largest absolute Gasteiger partial charge is 0.329 e. The third-order valence-electron chi connectivity index (χ3n) is 4.96. The predicted octanol–water partition coefficient (Wildman–Crippen LogP) is 1.78. The standard InChI is InChI=1S/C17H27N3O3S/c1-4-17(5-2,12-18)19-24(22,23)15-9-8-14-7-6-10-20(13(3)21)16(14)11-15/h8-9,11,19H,4-7,10,12,18H2,1-3H3. The van der Waals surface area contributed by atoms with Crippen LogP contribution < -0.4 is 15.4 Å². The van der Waals surface area contributed by atoms with Gasteiger partial charge in [0.05, 0.1) is 4.90 Å². The van der Waals surface area contributed by atoms with Crippen molar-refractivity contribution in [2.24, 2.45) is 5.73 Å². The average Bonchev–Trinajstić information content (AvgIpc) is 2.58. The SMILES string of the molecule is CCC(CC)(CN)NS(=O)(=O)c1ccc2c(c1)N(C(C)=O)CCC2. The maximum atomic E-state index is 12.8. The van der Waals surface area contributed by atoms with Gasteiger partial charge in [0, 0.05) is 31.2 Å². The van der Waals surface area contributed by atoms with Crippen LogP contribution in [0, 0.1) is 0 Å². The maximum Gasteiger partial charge on any atom is 0.241 e. The van der Waals surface area contributed by atoms with Crippen molar-refractivity contribution in [2.75, 3.05) is 18.0 Å². The lowest BCUT2D eigenvalue weighted by Crippen LogP contribution is -2.52. The number of amides is 1. The summed E-state index contributed by atoms with van der Waals surface area (Å²) in [5.74, 6) is -0.0723. The lowest BCUT2D eigenvalue weighted by molar-refractivity contribution is -0.116. The first-order valence-corrected chi connectivity index (χ1v) is 9.92. The molecule has 134 valence electrons. The van der Waals surface area contributed by atoms with Gasteiger partial charge in [-0.25, -0.2) is 13.1 Å². The first kappa shape index (κ1) is 18.9. The second-order valence-corrected chi connectivity index (χ2v) is 8.04. The molecule has 0 aromatic heterocycles. The molecule has 0 aliphatic carbocycles. The summed E-state index contributed by atoms with van der Waals surface area (Å²) in [6.07, 6.45) is 2.97. The predicted molar refractivity (Wildman–Crippen MR) is 95.5 cm³/mol. The first-order chi connectivity index (χ1) is 11.3. The van der Waals surface area contributed by atoms with Crippen molar-refractivity contribution in [1.82, 2.24) is 4.72 Å². The number of carbonyl (C=O) groups excluding carboxylic acids is 1. The highest BCUT2D eigenvalue weighted by molar-refractivity contribution is 7.89. The molecule has 0 saturated heterocycles. The topological polar surface area (TPSA) is 92.5 Å². The molecule has 0 fully saturated rings. The quantitative estimate of drug-likeness (QED) is 0.815. The molecule has 1 aromatic rings. The minimum absolute atomic E-state index is 0.0723. The maximum absolute atomic E-state index is 12.8. The Hall–Kier alpha value is -1.44. The third-order valence-corrected chi connectivity index (χ3v) is 6.54. The van der Waals surface area contributed by atoms with Gasteiger partial charge in [-0.05, 0) is 43.4 Å². The number of aryl methyl sites for hydroxylation is 1. The highest BCUT2D eigenvalue weighted by atomic mass is 32.2. The Balaban J connectivity index is 2.42. The van der Waals surface area contributed by atoms with Crippen LogP contribution in [0.1, 0.15) is 45.6 Å². The Morgan fingerprint density at radius 3 is 2.54 bits per heavy atom. The van der Waals surface area contributed by atoms with Crippen LogP contribution in [0.4, 0.5) is 5.69 Å². The highest BCUT2D eigenvalue weighted by Crippen LogP contribution is 2.30. The van der Waals surface area contributed by atoms with Gasteiger partial charge in [0.25, 0.3) is 0 Å². The number of anilines is 1. The summed E-state index contributed by atoms with van der Waals surface area (Å²) in [7, 11) is -3.70. The molecule has 0 saturated carbocycles. The molecule has 1 amide bonds. The molecule has 0 spiro atoms. The minimum atomic E-state index is -3.70. The van der Waals surface area contributed by atoms with E-state index in [0.29, 0.717) is 25.1 Å². The molecule has 24 heavy (non-hydrogen) atoms. The first-order valence-electron chi connectivity index (χ1n) is 8.43. The number of carbonyl (C=O) groups is 1. The van der Waals surface area contributed by atoms with Crippen molar-refractivity contribution in [3.63, 3.8) is 0 Å². The number of rotatable bonds is 6. The lowest BCUT2D eigenvalue weighted by atomic mass is 9.95. The van der Waals surface area contributed by atoms with Crippen molar-refractivity contribution in [3.8, 4) is 0 Å². The molecular formula is C17H27N3O3S. The zero-order valence-corrected chi connectivity index (χ0v) is 15.4. The molecule has 1 aliphatic heterocycles. The van der Waals surface area contributed by atoms with Crippen molar-refractivity contribution in [2.45, 2.75) is 56.9 Å². The molecule has 0 bridgehead atoms. The van der Waals surface area contributed by atoms with Crippen molar-refractivity contribution < 1.29 is 13.2 Å². The molecule has 7 heteroatoms. The van der Waals surface area contributed by atoms with E-state index in [4.69, 9.17) is 5.73 Å². The summed E-state index contributed by atoms with van der Waals surface area (Å²) in [4.78, 5) is 13.7. The van der Waals surface area contributed by atoms with E-state index in [0.717, 1.165) is 18.4 Å². The van der Waals surface area contributed by atoms with E-state index in [-0.39, 0.29) is 17.3 Å². The number of nitrogens with zero attached hydrogens (tertiary/aromatic N) is 1. The van der Waals surface area contributed by atoms with E-state index < -0.39 is 15.6 Å². The second kappa shape index (κ2) is 7.21. The number of nitrogens with two attached hydrogens (primary N) is 1. The zero-order valence-electron chi connectivity index (χ0n) is 14.6. The number of hydrogen-bond acceptors (Lipinski definition) is 4. The zero-order chi connectivity index (χ0) is 18.0. The summed E-state index contributed by atoms with van der Waals surface area (Å²) < 4.78 is 28.4. The summed E-state index contributed by atoms with van der Waals surface area (Å²) in [5, 5.41) is 0. The average molecular weight is 353 g/mol. The van der Waals surface area contributed by atoms with Crippen LogP contribution in [0.3, 0.4) is 0 Å². The van der Waals surface area contributed by atoms with E-state index in [9.17, 15) is 13.2 Å². The van der Waals surface area contributed by atoms with Gasteiger partial charge in [-0.2, -0.15) is 0 Å². The van der Waals surface area contributed by atoms with Crippen LogP contribution in [-0.4, -0.2) is 33.0 Å². The van der Waals surface area contributed by atoms with Crippen molar-refractivity contribution >= 4 is 21.6 Å². The molecule has 0 atom stereocenters. The Morgan fingerprint density at radius 2 is 2.00 bits per heavy atom. The normalized spacial score (nSPS) is 15.2. The van der Waals surface area contributed by atoms with Gasteiger partial charge in [0.1, 0.15) is 0 Å². The Morgan fingerprint density at radius 1 is 1.33 bits per heavy atom. The molecule has 6 nitrogen and oxygen atoms in total. The molecule has 1 aromatic carbocycles. The number of benzene rings is 1. The van der Waals surface area contributed by atoms with Gasteiger partial charge in [0.2, 0.25) is 15.9 Å². The highest BCUT2D eigenvalue weighted by Gasteiger charge is 2.31. The summed E-state index contributed by atoms with van der Waals surface area (Å²) >= 11 is 0. The molecular weight excluding hydrogens is 326 g/mol. The molecule has 1 aliphatic rings. The van der Waals surface area contributed by atoms with E-state index in [1.54, 1.807) is 23.1 Å². The Labute approximate surface area is 144 Å². The van der Waals surface area contributed by atoms with Crippen LogP contribution in [0.5, 0.6) is 0 Å². The van der Waals surface area contributed by atoms with Crippen LogP contribution in [0.2, 0.25) is 0 Å². The van der Waals surface area contributed by atoms with Crippen molar-refractivity contribution in [1.29, 1.82) is 0 Å². The van der Waals surface area contributed by atoms with Gasteiger partial charge in [-0.15, -0.1) is 0 Å². The van der Waals surface area contributed by atoms with Crippen molar-refractivity contribution in [3.05, 3.63) is 23.8 Å². The summed E-state index contributed by atoms with van der Waals surface area (Å²) in [6, 6.07) is 5.02. The number of nitrogens with one attached hydrogen (secondary N) is 1. The fourth-order valence-electron chi connectivity index (χ4n) is 3.12. The Kier molecular flexibility index (Phi) is 5.67. The van der Waals surface area contributed by atoms with Crippen LogP contribution in [0.15, 0.2) is 23.1 Å². The lowest BCUT2D eigenvalue weighted by Gasteiger charge is -2.32. The summed E-state index contributed by atoms with van der Waals surface area (Å²) in [5.41, 5.74) is 6.87. The third kappa shape index (κ3) is 3.63. The number of fused-ring (bicyclic) bond motifs is 1. The minimum Gasteiger partial charge on any atom is -0.329 e. The van der Waals surface area contributed by atoms with Crippen LogP contribution >= 0.6 is 0 Å². The van der Waals surface area contributed by atoms with Gasteiger partial charge in [-0.3, -0.25) is 4.79 Å². The fraction of sp³-hybridized carbons (Fsp3) is 0.588. The monoisotopic (exact) mass is 353 g/mol. The molecule has 3 N–H and O–H groups in total.